The number of hydrogen-bond donors (Lipinski definition) is 8. The third-order valence-corrected chi connectivity index (χ3v) is 5.55. The van der Waals surface area contributed by atoms with Crippen molar-refractivity contribution >= 4 is 42.3 Å². The summed E-state index contributed by atoms with van der Waals surface area (Å²) in [5.41, 5.74) is 16.3. The molecule has 0 aliphatic heterocycles. The molecule has 12 nitrogen and oxygen atoms in total. The Kier molecular flexibility index (Phi) is 14.1. The minimum atomic E-state index is -1.22. The summed E-state index contributed by atoms with van der Waals surface area (Å²) in [5, 5.41) is 17.1. The Morgan fingerprint density at radius 3 is 2.00 bits per heavy atom. The molecule has 0 aliphatic rings. The number of carboxylic acids is 1. The highest BCUT2D eigenvalue weighted by Gasteiger charge is 2.32. The second kappa shape index (κ2) is 15.3. The molecule has 0 bridgehead atoms. The maximum Gasteiger partial charge on any atom is 0.326 e. The maximum atomic E-state index is 12.9. The van der Waals surface area contributed by atoms with Crippen LogP contribution in [0.1, 0.15) is 47.0 Å². The molecule has 190 valence electrons. The van der Waals surface area contributed by atoms with Crippen LogP contribution in [0.3, 0.4) is 0 Å². The van der Waals surface area contributed by atoms with E-state index in [0.29, 0.717) is 12.8 Å². The van der Waals surface area contributed by atoms with Crippen molar-refractivity contribution in [1.29, 1.82) is 0 Å². The number of nitrogens with zero attached hydrogens (tertiary/aromatic N) is 1. The fourth-order valence-electron chi connectivity index (χ4n) is 2.74. The van der Waals surface area contributed by atoms with Crippen LogP contribution in [-0.2, 0) is 19.2 Å². The van der Waals surface area contributed by atoms with Gasteiger partial charge in [-0.05, 0) is 24.7 Å². The zero-order valence-electron chi connectivity index (χ0n) is 19.7. The van der Waals surface area contributed by atoms with Crippen LogP contribution in [0.4, 0.5) is 0 Å². The highest BCUT2D eigenvalue weighted by molar-refractivity contribution is 7.80. The minimum Gasteiger partial charge on any atom is -0.480 e. The molecule has 0 saturated carbocycles. The van der Waals surface area contributed by atoms with E-state index in [1.54, 1.807) is 20.8 Å². The molecule has 13 heteroatoms. The Labute approximate surface area is 200 Å². The lowest BCUT2D eigenvalue weighted by Gasteiger charge is -2.28. The van der Waals surface area contributed by atoms with Gasteiger partial charge in [0.2, 0.25) is 17.7 Å². The number of thiol groups is 1. The molecule has 0 aliphatic carbocycles. The second-order valence-corrected chi connectivity index (χ2v) is 8.60. The average molecular weight is 490 g/mol. The van der Waals surface area contributed by atoms with Crippen LogP contribution in [0.2, 0.25) is 0 Å². The van der Waals surface area contributed by atoms with Crippen molar-refractivity contribution in [2.45, 2.75) is 71.1 Å². The highest BCUT2D eigenvalue weighted by atomic mass is 32.1. The Balaban J connectivity index is 5.30. The number of nitrogens with one attached hydrogen (secondary N) is 3. The van der Waals surface area contributed by atoms with Gasteiger partial charge in [-0.25, -0.2) is 4.79 Å². The molecule has 5 atom stereocenters. The molecule has 0 rings (SSSR count). The van der Waals surface area contributed by atoms with E-state index in [1.165, 1.54) is 0 Å². The largest absolute Gasteiger partial charge is 0.480 e. The van der Waals surface area contributed by atoms with Crippen molar-refractivity contribution in [3.63, 3.8) is 0 Å². The molecule has 33 heavy (non-hydrogen) atoms. The number of nitrogens with two attached hydrogens (primary N) is 3. The van der Waals surface area contributed by atoms with Gasteiger partial charge < -0.3 is 38.3 Å². The van der Waals surface area contributed by atoms with Crippen LogP contribution < -0.4 is 33.2 Å². The summed E-state index contributed by atoms with van der Waals surface area (Å²) in [6.45, 7) is 7.36. The van der Waals surface area contributed by atoms with E-state index in [4.69, 9.17) is 17.2 Å². The number of carbonyl (C=O) groups excluding carboxylic acids is 3. The van der Waals surface area contributed by atoms with Crippen molar-refractivity contribution in [2.75, 3.05) is 12.3 Å². The SMILES string of the molecule is CCC(C)C(NC(=O)C(CS)NC(=O)C(N)C(C)C)C(=O)NC(CCCN=C(N)N)C(=O)O. The maximum absolute atomic E-state index is 12.9. The predicted octanol–water partition coefficient (Wildman–Crippen LogP) is -1.46. The highest BCUT2D eigenvalue weighted by Crippen LogP contribution is 2.10. The standard InChI is InChI=1S/C20H39N7O5S/c1-5-11(4)15(18(30)25-12(19(31)32)7-6-8-24-20(22)23)27-16(28)13(9-33)26-17(29)14(21)10(2)3/h10-15,33H,5-9,21H2,1-4H3,(H,25,30)(H,26,29)(H,27,28)(H,31,32)(H4,22,23,24). The van der Waals surface area contributed by atoms with Gasteiger partial charge in [-0.15, -0.1) is 0 Å². The number of amides is 3. The predicted molar refractivity (Wildman–Crippen MR) is 129 cm³/mol. The first-order chi connectivity index (χ1) is 15.3. The van der Waals surface area contributed by atoms with Crippen LogP contribution in [0.5, 0.6) is 0 Å². The third-order valence-electron chi connectivity index (χ3n) is 5.19. The second-order valence-electron chi connectivity index (χ2n) is 8.23. The topological polar surface area (TPSA) is 215 Å². The molecule has 10 N–H and O–H groups in total. The van der Waals surface area contributed by atoms with E-state index in [-0.39, 0.29) is 36.5 Å². The fourth-order valence-corrected chi connectivity index (χ4v) is 3.00. The number of carboxylic acid groups (broad SMARTS) is 1. The Morgan fingerprint density at radius 1 is 0.970 bits per heavy atom. The molecule has 0 aromatic rings. The monoisotopic (exact) mass is 489 g/mol. The first kappa shape index (κ1) is 30.5. The van der Waals surface area contributed by atoms with Crippen molar-refractivity contribution in [2.24, 2.45) is 34.0 Å². The number of guanidine groups is 1. The number of hydrogen-bond acceptors (Lipinski definition) is 7. The molecule has 5 unspecified atom stereocenters. The fraction of sp³-hybridized carbons (Fsp3) is 0.750. The molecule has 0 radical (unpaired) electrons. The Morgan fingerprint density at radius 2 is 1.55 bits per heavy atom. The van der Waals surface area contributed by atoms with Gasteiger partial charge in [0.15, 0.2) is 5.96 Å². The molecule has 3 amide bonds. The van der Waals surface area contributed by atoms with Crippen LogP contribution in [-0.4, -0.2) is 71.2 Å². The lowest BCUT2D eigenvalue weighted by atomic mass is 9.97. The summed E-state index contributed by atoms with van der Waals surface area (Å²) in [7, 11) is 0. The molecular formula is C20H39N7O5S. The first-order valence-corrected chi connectivity index (χ1v) is 11.5. The number of aliphatic imine (C=N–C) groups is 1. The summed E-state index contributed by atoms with van der Waals surface area (Å²) in [6.07, 6.45) is 0.970. The van der Waals surface area contributed by atoms with E-state index in [1.807, 2.05) is 6.92 Å². The number of carbonyl (C=O) groups is 4. The summed E-state index contributed by atoms with van der Waals surface area (Å²) in [6, 6.07) is -4.01. The third kappa shape index (κ3) is 11.2. The van der Waals surface area contributed by atoms with E-state index >= 15 is 0 Å². The molecule has 0 spiro atoms. The zero-order chi connectivity index (χ0) is 25.7. The molecule has 0 aromatic carbocycles. The average Bonchev–Trinajstić information content (AvgIpc) is 2.75. The Bertz CT molecular complexity index is 700. The van der Waals surface area contributed by atoms with Crippen LogP contribution in [0, 0.1) is 11.8 Å². The van der Waals surface area contributed by atoms with Gasteiger partial charge in [0.05, 0.1) is 6.04 Å². The molecule has 0 fully saturated rings. The smallest absolute Gasteiger partial charge is 0.326 e. The lowest BCUT2D eigenvalue weighted by Crippen LogP contribution is -2.59. The van der Waals surface area contributed by atoms with Gasteiger partial charge in [0.1, 0.15) is 18.1 Å². The zero-order valence-corrected chi connectivity index (χ0v) is 20.6. The van der Waals surface area contributed by atoms with Crippen molar-refractivity contribution in [1.82, 2.24) is 16.0 Å². The normalized spacial score (nSPS) is 15.5. The molecule has 0 heterocycles. The molecule has 0 saturated heterocycles. The van der Waals surface area contributed by atoms with Gasteiger partial charge >= 0.3 is 5.97 Å². The minimum absolute atomic E-state index is 0.0141. The summed E-state index contributed by atoms with van der Waals surface area (Å²) < 4.78 is 0. The van der Waals surface area contributed by atoms with Crippen LogP contribution >= 0.6 is 12.6 Å². The van der Waals surface area contributed by atoms with Gasteiger partial charge in [-0.1, -0.05) is 34.1 Å². The van der Waals surface area contributed by atoms with E-state index in [0.717, 1.165) is 0 Å². The van der Waals surface area contributed by atoms with E-state index < -0.39 is 47.9 Å². The summed E-state index contributed by atoms with van der Waals surface area (Å²) in [4.78, 5) is 53.3. The van der Waals surface area contributed by atoms with E-state index in [9.17, 15) is 24.3 Å². The van der Waals surface area contributed by atoms with Crippen LogP contribution in [0.25, 0.3) is 0 Å². The number of aliphatic carboxylic acids is 1. The summed E-state index contributed by atoms with van der Waals surface area (Å²) in [5.74, 6) is -3.54. The van der Waals surface area contributed by atoms with Crippen molar-refractivity contribution < 1.29 is 24.3 Å². The molecular weight excluding hydrogens is 450 g/mol. The first-order valence-electron chi connectivity index (χ1n) is 10.9. The molecule has 0 aromatic heterocycles. The van der Waals surface area contributed by atoms with Crippen molar-refractivity contribution in [3.8, 4) is 0 Å². The lowest BCUT2D eigenvalue weighted by molar-refractivity contribution is -0.142. The van der Waals surface area contributed by atoms with Crippen LogP contribution in [0.15, 0.2) is 4.99 Å². The van der Waals surface area contributed by atoms with Gasteiger partial charge in [0.25, 0.3) is 0 Å². The van der Waals surface area contributed by atoms with Crippen molar-refractivity contribution in [3.05, 3.63) is 0 Å². The van der Waals surface area contributed by atoms with E-state index in [2.05, 4.69) is 33.6 Å². The Hall–Kier alpha value is -2.54. The van der Waals surface area contributed by atoms with Gasteiger partial charge in [0, 0.05) is 12.3 Å². The quantitative estimate of drug-likeness (QED) is 0.0587. The van der Waals surface area contributed by atoms with Gasteiger partial charge in [-0.3, -0.25) is 19.4 Å². The summed E-state index contributed by atoms with van der Waals surface area (Å²) >= 11 is 4.12. The number of rotatable bonds is 15. The van der Waals surface area contributed by atoms with Gasteiger partial charge in [-0.2, -0.15) is 12.6 Å².